The van der Waals surface area contributed by atoms with Gasteiger partial charge in [0.25, 0.3) is 0 Å². The lowest BCUT2D eigenvalue weighted by Crippen LogP contribution is -2.40. The molecule has 114 valence electrons. The van der Waals surface area contributed by atoms with Gasteiger partial charge in [0.2, 0.25) is 0 Å². The van der Waals surface area contributed by atoms with E-state index in [-0.39, 0.29) is 12.4 Å². The van der Waals surface area contributed by atoms with Crippen LogP contribution in [-0.4, -0.2) is 38.2 Å². The second-order valence-corrected chi connectivity index (χ2v) is 5.33. The molecule has 0 aromatic heterocycles. The smallest absolute Gasteiger partial charge is 0.119 e. The Morgan fingerprint density at radius 2 is 1.95 bits per heavy atom. The molecule has 3 nitrogen and oxygen atoms in total. The number of piperidine rings is 1. The van der Waals surface area contributed by atoms with Gasteiger partial charge in [-0.3, -0.25) is 4.90 Å². The van der Waals surface area contributed by atoms with Crippen LogP contribution >= 0.6 is 12.4 Å². The van der Waals surface area contributed by atoms with E-state index in [1.54, 1.807) is 7.11 Å². The summed E-state index contributed by atoms with van der Waals surface area (Å²) >= 11 is 0. The molecule has 1 aliphatic rings. The average Bonchev–Trinajstić information content (AvgIpc) is 2.48. The topological polar surface area (TPSA) is 24.5 Å². The van der Waals surface area contributed by atoms with E-state index < -0.39 is 0 Å². The molecule has 0 saturated carbocycles. The minimum Gasteiger partial charge on any atom is -0.497 e. The number of nitrogens with zero attached hydrogens (tertiary/aromatic N) is 1. The van der Waals surface area contributed by atoms with Gasteiger partial charge in [0.15, 0.2) is 0 Å². The summed E-state index contributed by atoms with van der Waals surface area (Å²) in [6.45, 7) is 5.68. The number of hydrogen-bond donors (Lipinski definition) is 1. The zero-order chi connectivity index (χ0) is 13.7. The van der Waals surface area contributed by atoms with Crippen LogP contribution in [0.4, 0.5) is 0 Å². The van der Waals surface area contributed by atoms with Crippen LogP contribution in [0.25, 0.3) is 0 Å². The molecule has 0 bridgehead atoms. The SMILES string of the molecule is CCc1cc(OC)ccc1CN1CCC(NC)CC1.Cl. The molecule has 0 unspecified atom stereocenters. The lowest BCUT2D eigenvalue weighted by atomic mass is 10.0. The highest BCUT2D eigenvalue weighted by Gasteiger charge is 2.18. The van der Waals surface area contributed by atoms with Crippen molar-refractivity contribution in [2.75, 3.05) is 27.2 Å². The zero-order valence-electron chi connectivity index (χ0n) is 12.8. The van der Waals surface area contributed by atoms with Gasteiger partial charge in [-0.1, -0.05) is 13.0 Å². The summed E-state index contributed by atoms with van der Waals surface area (Å²) in [5.74, 6) is 0.967. The highest BCUT2D eigenvalue weighted by Crippen LogP contribution is 2.21. The van der Waals surface area contributed by atoms with Crippen LogP contribution < -0.4 is 10.1 Å². The Bertz CT molecular complexity index is 403. The molecule has 1 N–H and O–H groups in total. The Labute approximate surface area is 129 Å². The Kier molecular flexibility index (Phi) is 7.35. The maximum Gasteiger partial charge on any atom is 0.119 e. The number of aryl methyl sites for hydroxylation is 1. The molecular formula is C16H27ClN2O. The van der Waals surface area contributed by atoms with Crippen molar-refractivity contribution in [2.45, 2.75) is 38.8 Å². The molecule has 0 radical (unpaired) electrons. The fraction of sp³-hybridized carbons (Fsp3) is 0.625. The maximum absolute atomic E-state index is 5.31. The average molecular weight is 299 g/mol. The molecule has 2 rings (SSSR count). The summed E-state index contributed by atoms with van der Waals surface area (Å²) in [4.78, 5) is 2.56. The zero-order valence-corrected chi connectivity index (χ0v) is 13.6. The first-order valence-electron chi connectivity index (χ1n) is 7.32. The molecule has 1 aliphatic heterocycles. The van der Waals surface area contributed by atoms with E-state index in [4.69, 9.17) is 4.74 Å². The molecule has 0 aliphatic carbocycles. The lowest BCUT2D eigenvalue weighted by molar-refractivity contribution is 0.194. The van der Waals surface area contributed by atoms with Gasteiger partial charge in [-0.15, -0.1) is 12.4 Å². The van der Waals surface area contributed by atoms with Crippen LogP contribution in [0, 0.1) is 0 Å². The highest BCUT2D eigenvalue weighted by molar-refractivity contribution is 5.85. The molecule has 1 heterocycles. The van der Waals surface area contributed by atoms with Crippen molar-refractivity contribution < 1.29 is 4.74 Å². The van der Waals surface area contributed by atoms with Gasteiger partial charge in [-0.05, 0) is 62.7 Å². The lowest BCUT2D eigenvalue weighted by Gasteiger charge is -2.32. The van der Waals surface area contributed by atoms with E-state index in [0.29, 0.717) is 6.04 Å². The summed E-state index contributed by atoms with van der Waals surface area (Å²) in [6.07, 6.45) is 3.59. The molecule has 0 amide bonds. The third kappa shape index (κ3) is 4.37. The van der Waals surface area contributed by atoms with Crippen LogP contribution in [0.15, 0.2) is 18.2 Å². The first-order valence-corrected chi connectivity index (χ1v) is 7.32. The molecular weight excluding hydrogens is 272 g/mol. The Hall–Kier alpha value is -0.770. The minimum absolute atomic E-state index is 0. The van der Waals surface area contributed by atoms with Crippen molar-refractivity contribution in [3.8, 4) is 5.75 Å². The second kappa shape index (κ2) is 8.50. The predicted molar refractivity (Wildman–Crippen MR) is 87.0 cm³/mol. The van der Waals surface area contributed by atoms with Crippen LogP contribution in [0.3, 0.4) is 0 Å². The fourth-order valence-electron chi connectivity index (χ4n) is 2.83. The van der Waals surface area contributed by atoms with Gasteiger partial charge in [0.05, 0.1) is 7.11 Å². The molecule has 1 saturated heterocycles. The standard InChI is InChI=1S/C16H26N2O.ClH/c1-4-13-11-16(19-3)6-5-14(13)12-18-9-7-15(17-2)8-10-18;/h5-6,11,15,17H,4,7-10,12H2,1-3H3;1H. The number of ether oxygens (including phenoxy) is 1. The minimum atomic E-state index is 0. The highest BCUT2D eigenvalue weighted by atomic mass is 35.5. The van der Waals surface area contributed by atoms with Crippen molar-refractivity contribution in [2.24, 2.45) is 0 Å². The normalized spacial score (nSPS) is 16.8. The predicted octanol–water partition coefficient (Wildman–Crippen LogP) is 2.86. The van der Waals surface area contributed by atoms with E-state index in [2.05, 4.69) is 42.4 Å². The van der Waals surface area contributed by atoms with Crippen molar-refractivity contribution in [3.63, 3.8) is 0 Å². The number of hydrogen-bond acceptors (Lipinski definition) is 3. The first-order chi connectivity index (χ1) is 9.26. The third-order valence-corrected chi connectivity index (χ3v) is 4.18. The Balaban J connectivity index is 0.00000200. The largest absolute Gasteiger partial charge is 0.497 e. The Morgan fingerprint density at radius 1 is 1.25 bits per heavy atom. The summed E-state index contributed by atoms with van der Waals surface area (Å²) in [7, 11) is 3.80. The van der Waals surface area contributed by atoms with Crippen LogP contribution in [0.2, 0.25) is 0 Å². The molecule has 1 aromatic carbocycles. The van der Waals surface area contributed by atoms with Gasteiger partial charge in [-0.25, -0.2) is 0 Å². The van der Waals surface area contributed by atoms with Gasteiger partial charge in [-0.2, -0.15) is 0 Å². The molecule has 1 aromatic rings. The van der Waals surface area contributed by atoms with E-state index in [1.165, 1.54) is 37.1 Å². The number of halogens is 1. The van der Waals surface area contributed by atoms with Crippen molar-refractivity contribution in [1.29, 1.82) is 0 Å². The quantitative estimate of drug-likeness (QED) is 0.905. The molecule has 0 spiro atoms. The van der Waals surface area contributed by atoms with Crippen molar-refractivity contribution in [3.05, 3.63) is 29.3 Å². The summed E-state index contributed by atoms with van der Waals surface area (Å²) in [6, 6.07) is 7.18. The van der Waals surface area contributed by atoms with E-state index in [0.717, 1.165) is 18.7 Å². The van der Waals surface area contributed by atoms with E-state index >= 15 is 0 Å². The number of likely N-dealkylation sites (tertiary alicyclic amines) is 1. The molecule has 1 fully saturated rings. The van der Waals surface area contributed by atoms with Crippen molar-refractivity contribution in [1.82, 2.24) is 10.2 Å². The van der Waals surface area contributed by atoms with Gasteiger partial charge < -0.3 is 10.1 Å². The monoisotopic (exact) mass is 298 g/mol. The van der Waals surface area contributed by atoms with Crippen molar-refractivity contribution >= 4 is 12.4 Å². The summed E-state index contributed by atoms with van der Waals surface area (Å²) in [5, 5.41) is 3.38. The molecule has 4 heteroatoms. The third-order valence-electron chi connectivity index (χ3n) is 4.18. The number of benzene rings is 1. The van der Waals surface area contributed by atoms with Crippen LogP contribution in [0.5, 0.6) is 5.75 Å². The summed E-state index contributed by atoms with van der Waals surface area (Å²) < 4.78 is 5.31. The Morgan fingerprint density at radius 3 is 2.50 bits per heavy atom. The van der Waals surface area contributed by atoms with Gasteiger partial charge in [0.1, 0.15) is 5.75 Å². The van der Waals surface area contributed by atoms with Gasteiger partial charge in [0, 0.05) is 12.6 Å². The van der Waals surface area contributed by atoms with E-state index in [9.17, 15) is 0 Å². The summed E-state index contributed by atoms with van der Waals surface area (Å²) in [5.41, 5.74) is 2.86. The van der Waals surface area contributed by atoms with Crippen LogP contribution in [-0.2, 0) is 13.0 Å². The second-order valence-electron chi connectivity index (χ2n) is 5.33. The fourth-order valence-corrected chi connectivity index (χ4v) is 2.83. The van der Waals surface area contributed by atoms with E-state index in [1.807, 2.05) is 0 Å². The van der Waals surface area contributed by atoms with Gasteiger partial charge >= 0.3 is 0 Å². The van der Waals surface area contributed by atoms with Crippen LogP contribution in [0.1, 0.15) is 30.9 Å². The molecule has 0 atom stereocenters. The molecule has 20 heavy (non-hydrogen) atoms. The number of methoxy groups -OCH3 is 1. The maximum atomic E-state index is 5.31. The first kappa shape index (κ1) is 17.3. The number of nitrogens with one attached hydrogen (secondary N) is 1. The number of rotatable bonds is 5.